The molecule has 1 heterocycles. The maximum Gasteiger partial charge on any atom is 0.160 e. The van der Waals surface area contributed by atoms with Crippen LogP contribution in [0, 0.1) is 6.92 Å². The van der Waals surface area contributed by atoms with Gasteiger partial charge in [-0.2, -0.15) is 15.0 Å². The first-order valence-electron chi connectivity index (χ1n) is 11.1. The fraction of sp³-hybridized carbons (Fsp3) is 0.259. The maximum atomic E-state index is 5.41. The number of hydrogen-bond donors (Lipinski definition) is 1. The van der Waals surface area contributed by atoms with E-state index in [1.807, 2.05) is 30.3 Å². The van der Waals surface area contributed by atoms with Crippen LogP contribution in [-0.2, 0) is 19.5 Å². The second-order valence-corrected chi connectivity index (χ2v) is 7.93. The number of nitrogens with zero attached hydrogens (tertiary/aromatic N) is 3. The summed E-state index contributed by atoms with van der Waals surface area (Å²) in [5.74, 6) is 1.49. The van der Waals surface area contributed by atoms with Crippen molar-refractivity contribution in [1.82, 2.24) is 20.3 Å². The molecule has 0 saturated carbocycles. The summed E-state index contributed by atoms with van der Waals surface area (Å²) >= 11 is 0. The van der Waals surface area contributed by atoms with Gasteiger partial charge in [-0.05, 0) is 48.7 Å². The van der Waals surface area contributed by atoms with Crippen molar-refractivity contribution in [3.05, 3.63) is 95.2 Å². The molecule has 6 heteroatoms. The van der Waals surface area contributed by atoms with Crippen LogP contribution < -0.4 is 14.8 Å². The Kier molecular flexibility index (Phi) is 7.37. The molecule has 0 amide bonds. The van der Waals surface area contributed by atoms with Gasteiger partial charge in [0.05, 0.1) is 20.8 Å². The summed E-state index contributed by atoms with van der Waals surface area (Å²) in [6.07, 6.45) is 0.873. The molecule has 0 saturated heterocycles. The summed E-state index contributed by atoms with van der Waals surface area (Å²) in [5.41, 5.74) is 6.59. The van der Waals surface area contributed by atoms with Gasteiger partial charge in [-0.15, -0.1) is 0 Å². The molecule has 0 aliphatic rings. The fourth-order valence-electron chi connectivity index (χ4n) is 3.81. The van der Waals surface area contributed by atoms with E-state index in [4.69, 9.17) is 19.7 Å². The van der Waals surface area contributed by atoms with Gasteiger partial charge in [0.2, 0.25) is 0 Å². The molecule has 0 bridgehead atoms. The van der Waals surface area contributed by atoms with Gasteiger partial charge in [0.15, 0.2) is 11.5 Å². The second-order valence-electron chi connectivity index (χ2n) is 7.93. The third-order valence-corrected chi connectivity index (χ3v) is 5.68. The largest absolute Gasteiger partial charge is 0.493 e. The minimum absolute atomic E-state index is 0.644. The number of ether oxygens (including phenoxy) is 2. The summed E-state index contributed by atoms with van der Waals surface area (Å²) in [6, 6.07) is 24.6. The molecule has 1 aromatic heterocycles. The van der Waals surface area contributed by atoms with Gasteiger partial charge >= 0.3 is 0 Å². The monoisotopic (exact) mass is 442 g/mol. The Morgan fingerprint density at radius 3 is 2.36 bits per heavy atom. The first-order chi connectivity index (χ1) is 16.2. The first kappa shape index (κ1) is 22.6. The number of benzene rings is 3. The van der Waals surface area contributed by atoms with Crippen molar-refractivity contribution < 1.29 is 9.47 Å². The van der Waals surface area contributed by atoms with E-state index >= 15 is 0 Å². The van der Waals surface area contributed by atoms with E-state index in [0.29, 0.717) is 13.1 Å². The molecule has 3 aromatic carbocycles. The summed E-state index contributed by atoms with van der Waals surface area (Å²) in [6.45, 7) is 4.23. The van der Waals surface area contributed by atoms with Gasteiger partial charge in [0.1, 0.15) is 11.4 Å². The lowest BCUT2D eigenvalue weighted by molar-refractivity contribution is 0.354. The van der Waals surface area contributed by atoms with E-state index in [9.17, 15) is 0 Å². The molecule has 0 aliphatic carbocycles. The van der Waals surface area contributed by atoms with Crippen LogP contribution in [0.1, 0.15) is 22.4 Å². The lowest BCUT2D eigenvalue weighted by Crippen LogP contribution is -2.17. The molecule has 0 atom stereocenters. The number of hydrogen-bond acceptors (Lipinski definition) is 5. The van der Waals surface area contributed by atoms with Crippen LogP contribution >= 0.6 is 0 Å². The van der Waals surface area contributed by atoms with E-state index in [1.54, 1.807) is 19.0 Å². The van der Waals surface area contributed by atoms with Crippen LogP contribution in [0.5, 0.6) is 11.5 Å². The Balaban J connectivity index is 1.46. The van der Waals surface area contributed by atoms with E-state index in [2.05, 4.69) is 54.7 Å². The van der Waals surface area contributed by atoms with Crippen LogP contribution in [0.25, 0.3) is 11.3 Å². The highest BCUT2D eigenvalue weighted by atomic mass is 16.5. The minimum atomic E-state index is 0.644. The van der Waals surface area contributed by atoms with Crippen LogP contribution in [0.4, 0.5) is 0 Å². The maximum absolute atomic E-state index is 5.41. The quantitative estimate of drug-likeness (QED) is 0.362. The van der Waals surface area contributed by atoms with Crippen LogP contribution in [-0.4, -0.2) is 35.8 Å². The SMILES string of the molecule is COc1ccc(CCNCc2nn(Cc3ccccc3C)nc2-c2ccccc2)cc1OC. The highest BCUT2D eigenvalue weighted by molar-refractivity contribution is 5.60. The molecule has 170 valence electrons. The van der Waals surface area contributed by atoms with Gasteiger partial charge in [-0.25, -0.2) is 0 Å². The van der Waals surface area contributed by atoms with Crippen molar-refractivity contribution in [2.24, 2.45) is 0 Å². The van der Waals surface area contributed by atoms with Gasteiger partial charge < -0.3 is 14.8 Å². The Labute approximate surface area is 195 Å². The van der Waals surface area contributed by atoms with Crippen molar-refractivity contribution in [1.29, 1.82) is 0 Å². The zero-order valence-corrected chi connectivity index (χ0v) is 19.4. The standard InChI is InChI=1S/C27H30N4O2/c1-20-9-7-8-12-23(20)19-31-29-24(27(30-31)22-10-5-4-6-11-22)18-28-16-15-21-13-14-25(32-2)26(17-21)33-3/h4-14,17,28H,15-16,18-19H2,1-3H3. The summed E-state index contributed by atoms with van der Waals surface area (Å²) in [5, 5.41) is 13.2. The number of nitrogens with one attached hydrogen (secondary N) is 1. The zero-order chi connectivity index (χ0) is 23.0. The predicted octanol–water partition coefficient (Wildman–Crippen LogP) is 4.65. The number of rotatable bonds is 10. The highest BCUT2D eigenvalue weighted by Crippen LogP contribution is 2.27. The fourth-order valence-corrected chi connectivity index (χ4v) is 3.81. The number of methoxy groups -OCH3 is 2. The Hall–Kier alpha value is -3.64. The van der Waals surface area contributed by atoms with Gasteiger partial charge in [0, 0.05) is 12.1 Å². The molecule has 4 rings (SSSR count). The summed E-state index contributed by atoms with van der Waals surface area (Å²) in [4.78, 5) is 1.80. The summed E-state index contributed by atoms with van der Waals surface area (Å²) < 4.78 is 10.7. The second kappa shape index (κ2) is 10.8. The van der Waals surface area contributed by atoms with Gasteiger partial charge in [-0.3, -0.25) is 0 Å². The molecule has 0 spiro atoms. The molecule has 1 N–H and O–H groups in total. The number of aromatic nitrogens is 3. The average Bonchev–Trinajstić information content (AvgIpc) is 3.26. The molecular formula is C27H30N4O2. The van der Waals surface area contributed by atoms with Gasteiger partial charge in [-0.1, -0.05) is 60.7 Å². The highest BCUT2D eigenvalue weighted by Gasteiger charge is 2.14. The Bertz CT molecular complexity index is 1190. The van der Waals surface area contributed by atoms with E-state index in [-0.39, 0.29) is 0 Å². The Morgan fingerprint density at radius 1 is 0.848 bits per heavy atom. The van der Waals surface area contributed by atoms with Crippen molar-refractivity contribution in [2.75, 3.05) is 20.8 Å². The lowest BCUT2D eigenvalue weighted by Gasteiger charge is -2.10. The number of aryl methyl sites for hydroxylation is 1. The predicted molar refractivity (Wildman–Crippen MR) is 131 cm³/mol. The molecule has 4 aromatic rings. The smallest absolute Gasteiger partial charge is 0.160 e. The Morgan fingerprint density at radius 2 is 1.61 bits per heavy atom. The molecule has 0 aliphatic heterocycles. The topological polar surface area (TPSA) is 61.2 Å². The zero-order valence-electron chi connectivity index (χ0n) is 19.4. The van der Waals surface area contributed by atoms with Crippen molar-refractivity contribution >= 4 is 0 Å². The van der Waals surface area contributed by atoms with E-state index in [1.165, 1.54) is 16.7 Å². The molecule has 0 radical (unpaired) electrons. The summed E-state index contributed by atoms with van der Waals surface area (Å²) in [7, 11) is 3.31. The molecule has 0 unspecified atom stereocenters. The average molecular weight is 443 g/mol. The van der Waals surface area contributed by atoms with Crippen LogP contribution in [0.15, 0.2) is 72.8 Å². The molecule has 6 nitrogen and oxygen atoms in total. The first-order valence-corrected chi connectivity index (χ1v) is 11.1. The van der Waals surface area contributed by atoms with Gasteiger partial charge in [0.25, 0.3) is 0 Å². The lowest BCUT2D eigenvalue weighted by atomic mass is 10.1. The van der Waals surface area contributed by atoms with Crippen LogP contribution in [0.3, 0.4) is 0 Å². The third kappa shape index (κ3) is 5.59. The minimum Gasteiger partial charge on any atom is -0.493 e. The van der Waals surface area contributed by atoms with Crippen molar-refractivity contribution in [3.8, 4) is 22.8 Å². The van der Waals surface area contributed by atoms with Crippen molar-refractivity contribution in [3.63, 3.8) is 0 Å². The molecule has 0 fully saturated rings. The van der Waals surface area contributed by atoms with E-state index in [0.717, 1.165) is 41.4 Å². The molecule has 33 heavy (non-hydrogen) atoms. The molecular weight excluding hydrogens is 412 g/mol. The van der Waals surface area contributed by atoms with Crippen LogP contribution in [0.2, 0.25) is 0 Å². The third-order valence-electron chi connectivity index (χ3n) is 5.68. The van der Waals surface area contributed by atoms with E-state index < -0.39 is 0 Å². The normalized spacial score (nSPS) is 10.9. The van der Waals surface area contributed by atoms with Crippen molar-refractivity contribution in [2.45, 2.75) is 26.4 Å².